The number of rotatable bonds is 3. The molecule has 0 aliphatic heterocycles. The summed E-state index contributed by atoms with van der Waals surface area (Å²) in [5.74, 6) is -0.558. The van der Waals surface area contributed by atoms with E-state index in [1.165, 1.54) is 29.5 Å². The second kappa shape index (κ2) is 5.36. The molecular weight excluding hydrogens is 296 g/mol. The number of carbonyl (C=O) groups is 1. The summed E-state index contributed by atoms with van der Waals surface area (Å²) >= 11 is 0. The summed E-state index contributed by atoms with van der Waals surface area (Å²) in [5, 5.41) is 8.69. The maximum atomic E-state index is 10.6. The predicted octanol–water partition coefficient (Wildman–Crippen LogP) is 5.11. The molecule has 1 aromatic carbocycles. The third-order valence-corrected chi connectivity index (χ3v) is 6.32. The maximum Gasteiger partial charge on any atom is 0.336 e. The predicted molar refractivity (Wildman–Crippen MR) is 97.5 cm³/mol. The molecule has 0 heterocycles. The molecule has 0 saturated heterocycles. The van der Waals surface area contributed by atoms with Crippen molar-refractivity contribution < 1.29 is 9.90 Å². The van der Waals surface area contributed by atoms with Crippen LogP contribution >= 0.6 is 0 Å². The van der Waals surface area contributed by atoms with Crippen LogP contribution in [0.3, 0.4) is 0 Å². The standard InChI is InChI=1S/C22H28O2/c1-20(2)11-12-21(3,4)18-13-15(9-10-17(18)20)22(5)14-16(22)7-6-8-19(23)24/h7-10,13,16H,11-12,14H2,1-5H3,(H,23,24). The highest BCUT2D eigenvalue weighted by Crippen LogP contribution is 2.56. The van der Waals surface area contributed by atoms with Gasteiger partial charge in [0, 0.05) is 5.41 Å². The third-order valence-electron chi connectivity index (χ3n) is 6.32. The molecule has 2 heteroatoms. The SMILES string of the molecule is CC1(C)CCC(C)(C)c2cc(C3(C)CC3C=C=CC(=O)O)ccc21. The van der Waals surface area contributed by atoms with Crippen LogP contribution in [0.15, 0.2) is 36.1 Å². The molecule has 3 rings (SSSR count). The largest absolute Gasteiger partial charge is 0.478 e. The Morgan fingerprint density at radius 1 is 1.12 bits per heavy atom. The molecule has 2 nitrogen and oxygen atoms in total. The lowest BCUT2D eigenvalue weighted by atomic mass is 9.62. The van der Waals surface area contributed by atoms with E-state index in [-0.39, 0.29) is 16.2 Å². The number of aliphatic carboxylic acids is 1. The van der Waals surface area contributed by atoms with Crippen LogP contribution in [0.25, 0.3) is 0 Å². The van der Waals surface area contributed by atoms with Gasteiger partial charge in [0.15, 0.2) is 0 Å². The van der Waals surface area contributed by atoms with Gasteiger partial charge in [0.05, 0.1) is 6.08 Å². The Morgan fingerprint density at radius 2 is 1.75 bits per heavy atom. The van der Waals surface area contributed by atoms with E-state index < -0.39 is 5.97 Å². The molecule has 2 aliphatic carbocycles. The second-order valence-electron chi connectivity index (χ2n) is 9.07. The highest BCUT2D eigenvalue weighted by molar-refractivity contribution is 5.79. The molecule has 1 fully saturated rings. The van der Waals surface area contributed by atoms with Gasteiger partial charge in [-0.15, -0.1) is 5.73 Å². The number of fused-ring (bicyclic) bond motifs is 1. The number of hydrogen-bond acceptors (Lipinski definition) is 1. The fraction of sp³-hybridized carbons (Fsp3) is 0.545. The lowest BCUT2D eigenvalue weighted by Crippen LogP contribution is -2.34. The van der Waals surface area contributed by atoms with Crippen molar-refractivity contribution in [3.63, 3.8) is 0 Å². The molecule has 1 N–H and O–H groups in total. The van der Waals surface area contributed by atoms with Crippen LogP contribution in [-0.4, -0.2) is 11.1 Å². The van der Waals surface area contributed by atoms with Crippen molar-refractivity contribution in [3.8, 4) is 0 Å². The zero-order valence-corrected chi connectivity index (χ0v) is 15.4. The fourth-order valence-corrected chi connectivity index (χ4v) is 4.15. The highest BCUT2D eigenvalue weighted by Gasteiger charge is 2.50. The molecule has 24 heavy (non-hydrogen) atoms. The van der Waals surface area contributed by atoms with Crippen LogP contribution in [0, 0.1) is 5.92 Å². The van der Waals surface area contributed by atoms with Crippen molar-refractivity contribution in [2.45, 2.75) is 70.1 Å². The molecule has 0 amide bonds. The minimum atomic E-state index is -0.939. The van der Waals surface area contributed by atoms with E-state index in [0.717, 1.165) is 12.5 Å². The van der Waals surface area contributed by atoms with Crippen LogP contribution in [-0.2, 0) is 21.0 Å². The van der Waals surface area contributed by atoms with Gasteiger partial charge in [-0.1, -0.05) is 52.8 Å². The summed E-state index contributed by atoms with van der Waals surface area (Å²) in [4.78, 5) is 10.6. The van der Waals surface area contributed by atoms with Crippen LogP contribution in [0.4, 0.5) is 0 Å². The molecule has 0 spiro atoms. The molecule has 1 aromatic rings. The molecule has 2 atom stereocenters. The Kier molecular flexibility index (Phi) is 3.81. The van der Waals surface area contributed by atoms with Crippen LogP contribution in [0.5, 0.6) is 0 Å². The average molecular weight is 324 g/mol. The van der Waals surface area contributed by atoms with Crippen LogP contribution in [0.1, 0.15) is 70.6 Å². The van der Waals surface area contributed by atoms with E-state index in [0.29, 0.717) is 5.92 Å². The van der Waals surface area contributed by atoms with Gasteiger partial charge >= 0.3 is 5.97 Å². The smallest absolute Gasteiger partial charge is 0.336 e. The topological polar surface area (TPSA) is 37.3 Å². The van der Waals surface area contributed by atoms with E-state index in [2.05, 4.69) is 58.5 Å². The molecule has 128 valence electrons. The first-order valence-electron chi connectivity index (χ1n) is 8.87. The summed E-state index contributed by atoms with van der Waals surface area (Å²) in [6.07, 6.45) is 6.53. The summed E-state index contributed by atoms with van der Waals surface area (Å²) in [5.41, 5.74) is 7.77. The Hall–Kier alpha value is -1.79. The Bertz CT molecular complexity index is 747. The number of carboxylic acid groups (broad SMARTS) is 1. The molecule has 0 bridgehead atoms. The van der Waals surface area contributed by atoms with Gasteiger partial charge in [0.1, 0.15) is 0 Å². The summed E-state index contributed by atoms with van der Waals surface area (Å²) < 4.78 is 0. The molecule has 2 unspecified atom stereocenters. The molecule has 2 aliphatic rings. The van der Waals surface area contributed by atoms with Gasteiger partial charge in [0.25, 0.3) is 0 Å². The first-order valence-corrected chi connectivity index (χ1v) is 8.87. The van der Waals surface area contributed by atoms with E-state index >= 15 is 0 Å². The number of hydrogen-bond donors (Lipinski definition) is 1. The number of benzene rings is 1. The van der Waals surface area contributed by atoms with Crippen molar-refractivity contribution in [1.29, 1.82) is 0 Å². The molecule has 0 radical (unpaired) electrons. The Labute approximate surface area is 145 Å². The first-order chi connectivity index (χ1) is 11.1. The molecular formula is C22H28O2. The normalized spacial score (nSPS) is 29.1. The van der Waals surface area contributed by atoms with Crippen LogP contribution in [0.2, 0.25) is 0 Å². The summed E-state index contributed by atoms with van der Waals surface area (Å²) in [6.45, 7) is 11.7. The van der Waals surface area contributed by atoms with Gasteiger partial charge in [-0.05, 0) is 58.8 Å². The number of carboxylic acids is 1. The first kappa shape index (κ1) is 17.0. The van der Waals surface area contributed by atoms with Crippen molar-refractivity contribution in [2.24, 2.45) is 5.92 Å². The second-order valence-corrected chi connectivity index (χ2v) is 9.07. The molecule has 1 saturated carbocycles. The Balaban J connectivity index is 1.95. The van der Waals surface area contributed by atoms with Gasteiger partial charge in [0.2, 0.25) is 0 Å². The minimum absolute atomic E-state index is 0.117. The average Bonchev–Trinajstić information content (AvgIpc) is 3.15. The lowest BCUT2D eigenvalue weighted by molar-refractivity contribution is -0.131. The van der Waals surface area contributed by atoms with Crippen LogP contribution < -0.4 is 0 Å². The quantitative estimate of drug-likeness (QED) is 0.620. The summed E-state index contributed by atoms with van der Waals surface area (Å²) in [7, 11) is 0. The maximum absolute atomic E-state index is 10.6. The van der Waals surface area contributed by atoms with Gasteiger partial charge in [-0.2, -0.15) is 0 Å². The zero-order chi connectivity index (χ0) is 17.8. The summed E-state index contributed by atoms with van der Waals surface area (Å²) in [6, 6.07) is 7.05. The minimum Gasteiger partial charge on any atom is -0.478 e. The fourth-order valence-electron chi connectivity index (χ4n) is 4.15. The Morgan fingerprint density at radius 3 is 2.38 bits per heavy atom. The monoisotopic (exact) mass is 324 g/mol. The van der Waals surface area contributed by atoms with E-state index in [4.69, 9.17) is 5.11 Å². The third kappa shape index (κ3) is 2.84. The van der Waals surface area contributed by atoms with Crippen molar-refractivity contribution in [2.75, 3.05) is 0 Å². The van der Waals surface area contributed by atoms with E-state index in [1.54, 1.807) is 0 Å². The van der Waals surface area contributed by atoms with Crippen molar-refractivity contribution in [3.05, 3.63) is 52.8 Å². The van der Waals surface area contributed by atoms with E-state index in [9.17, 15) is 4.79 Å². The van der Waals surface area contributed by atoms with Gasteiger partial charge in [-0.25, -0.2) is 4.79 Å². The lowest BCUT2D eigenvalue weighted by Gasteiger charge is -2.42. The van der Waals surface area contributed by atoms with Gasteiger partial charge < -0.3 is 5.11 Å². The zero-order valence-electron chi connectivity index (χ0n) is 15.4. The van der Waals surface area contributed by atoms with Crippen molar-refractivity contribution in [1.82, 2.24) is 0 Å². The van der Waals surface area contributed by atoms with E-state index in [1.807, 2.05) is 6.08 Å². The molecule has 0 aromatic heterocycles. The van der Waals surface area contributed by atoms with Crippen molar-refractivity contribution >= 4 is 5.97 Å². The highest BCUT2D eigenvalue weighted by atomic mass is 16.4. The van der Waals surface area contributed by atoms with Gasteiger partial charge in [-0.3, -0.25) is 0 Å².